The zero-order valence-corrected chi connectivity index (χ0v) is 16.0. The lowest BCUT2D eigenvalue weighted by Crippen LogP contribution is -2.08. The van der Waals surface area contributed by atoms with Crippen LogP contribution in [0, 0.1) is 22.7 Å². The van der Waals surface area contributed by atoms with Gasteiger partial charge in [-0.1, -0.05) is 38.1 Å². The number of nitrogens with zero attached hydrogens (tertiary/aromatic N) is 2. The molecule has 3 atom stereocenters. The first-order chi connectivity index (χ1) is 10.9. The van der Waals surface area contributed by atoms with Crippen molar-refractivity contribution >= 4 is 42.8 Å². The number of ether oxygens (including phenoxy) is 1. The highest BCUT2D eigenvalue weighted by atomic mass is 79.9. The Hall–Kier alpha value is -1.22. The largest absolute Gasteiger partial charge is 0.354 e. The van der Waals surface area contributed by atoms with E-state index in [2.05, 4.69) is 62.8 Å². The van der Waals surface area contributed by atoms with Gasteiger partial charge in [-0.05, 0) is 44.0 Å². The van der Waals surface area contributed by atoms with E-state index < -0.39 is 6.10 Å². The molecule has 118 valence electrons. The molecule has 0 unspecified atom stereocenters. The van der Waals surface area contributed by atoms with Gasteiger partial charge in [-0.3, -0.25) is 4.98 Å². The van der Waals surface area contributed by atoms with E-state index in [-0.39, 0.29) is 17.4 Å². The standard InChI is InChI=1S/C18H16Br2N2O/c1-18(2)13(8-16(19)20)17(18)23-15(9-21)12-7-11-5-3-4-6-14(11)22-10-12/h3-8,10,13,15,17H,1-2H3/t13-,15+,17-/m1/s1. The maximum atomic E-state index is 9.53. The van der Waals surface area contributed by atoms with E-state index in [4.69, 9.17) is 4.74 Å². The molecule has 1 fully saturated rings. The summed E-state index contributed by atoms with van der Waals surface area (Å²) in [6, 6.07) is 12.1. The van der Waals surface area contributed by atoms with Crippen molar-refractivity contribution in [2.75, 3.05) is 0 Å². The number of hydrogen-bond acceptors (Lipinski definition) is 3. The molecule has 1 aliphatic rings. The summed E-state index contributed by atoms with van der Waals surface area (Å²) in [4.78, 5) is 4.42. The van der Waals surface area contributed by atoms with Crippen molar-refractivity contribution in [1.82, 2.24) is 4.98 Å². The molecule has 0 bridgehead atoms. The van der Waals surface area contributed by atoms with Crippen molar-refractivity contribution < 1.29 is 4.74 Å². The van der Waals surface area contributed by atoms with Crippen LogP contribution in [0.2, 0.25) is 0 Å². The Labute approximate surface area is 152 Å². The highest BCUT2D eigenvalue weighted by molar-refractivity contribution is 9.28. The SMILES string of the molecule is CC1(C)[C@H](C=C(Br)Br)[C@H]1O[C@@H](C#N)c1cnc2ccccc2c1. The predicted octanol–water partition coefficient (Wildman–Crippen LogP) is 5.47. The first-order valence-electron chi connectivity index (χ1n) is 7.36. The topological polar surface area (TPSA) is 45.9 Å². The Balaban J connectivity index is 1.83. The van der Waals surface area contributed by atoms with Gasteiger partial charge >= 0.3 is 0 Å². The number of rotatable bonds is 4. The number of nitriles is 1. The minimum atomic E-state index is -0.608. The van der Waals surface area contributed by atoms with Crippen molar-refractivity contribution in [3.8, 4) is 6.07 Å². The molecule has 1 aliphatic carbocycles. The van der Waals surface area contributed by atoms with Crippen molar-refractivity contribution in [3.63, 3.8) is 0 Å². The van der Waals surface area contributed by atoms with Gasteiger partial charge in [0.2, 0.25) is 0 Å². The smallest absolute Gasteiger partial charge is 0.170 e. The molecule has 2 aromatic rings. The summed E-state index contributed by atoms with van der Waals surface area (Å²) in [6.45, 7) is 4.30. The highest BCUT2D eigenvalue weighted by Crippen LogP contribution is 2.57. The number of halogens is 2. The molecule has 0 aliphatic heterocycles. The lowest BCUT2D eigenvalue weighted by Gasteiger charge is -2.12. The van der Waals surface area contributed by atoms with Crippen LogP contribution in [0.3, 0.4) is 0 Å². The number of fused-ring (bicyclic) bond motifs is 1. The summed E-state index contributed by atoms with van der Waals surface area (Å²) in [5.74, 6) is 0.278. The van der Waals surface area contributed by atoms with Crippen LogP contribution in [0.5, 0.6) is 0 Å². The fourth-order valence-corrected chi connectivity index (χ4v) is 3.46. The molecule has 0 amide bonds. The van der Waals surface area contributed by atoms with Crippen LogP contribution in [0.1, 0.15) is 25.5 Å². The zero-order chi connectivity index (χ0) is 16.6. The second-order valence-electron chi connectivity index (χ2n) is 6.33. The summed E-state index contributed by atoms with van der Waals surface area (Å²) < 4.78 is 7.00. The third-order valence-electron chi connectivity index (χ3n) is 4.43. The minimum absolute atomic E-state index is 0.0173. The number of hydrogen-bond donors (Lipinski definition) is 0. The minimum Gasteiger partial charge on any atom is -0.354 e. The maximum Gasteiger partial charge on any atom is 0.170 e. The van der Waals surface area contributed by atoms with Crippen LogP contribution in [-0.2, 0) is 4.74 Å². The van der Waals surface area contributed by atoms with Crippen LogP contribution < -0.4 is 0 Å². The Morgan fingerprint density at radius 2 is 2.13 bits per heavy atom. The number of para-hydroxylation sites is 1. The third-order valence-corrected chi connectivity index (χ3v) is 4.96. The van der Waals surface area contributed by atoms with E-state index in [9.17, 15) is 5.26 Å². The quantitative estimate of drug-likeness (QED) is 0.639. The Morgan fingerprint density at radius 3 is 2.83 bits per heavy atom. The number of benzene rings is 1. The molecular weight excluding hydrogens is 420 g/mol. The van der Waals surface area contributed by atoms with Crippen LogP contribution >= 0.6 is 31.9 Å². The van der Waals surface area contributed by atoms with E-state index in [0.717, 1.165) is 19.9 Å². The predicted molar refractivity (Wildman–Crippen MR) is 98.2 cm³/mol. The molecule has 1 saturated carbocycles. The number of aromatic nitrogens is 1. The van der Waals surface area contributed by atoms with Crippen LogP contribution in [-0.4, -0.2) is 11.1 Å². The fraction of sp³-hybridized carbons (Fsp3) is 0.333. The highest BCUT2D eigenvalue weighted by Gasteiger charge is 2.58. The summed E-state index contributed by atoms with van der Waals surface area (Å²) >= 11 is 6.79. The molecule has 0 saturated heterocycles. The average molecular weight is 436 g/mol. The van der Waals surface area contributed by atoms with E-state index in [1.807, 2.05) is 30.3 Å². The van der Waals surface area contributed by atoms with Gasteiger partial charge < -0.3 is 4.74 Å². The van der Waals surface area contributed by atoms with Crippen LogP contribution in [0.25, 0.3) is 10.9 Å². The molecule has 23 heavy (non-hydrogen) atoms. The molecule has 1 aromatic heterocycles. The molecule has 3 nitrogen and oxygen atoms in total. The van der Waals surface area contributed by atoms with Crippen molar-refractivity contribution in [1.29, 1.82) is 5.26 Å². The van der Waals surface area contributed by atoms with Crippen molar-refractivity contribution in [2.45, 2.75) is 26.1 Å². The zero-order valence-electron chi connectivity index (χ0n) is 12.8. The van der Waals surface area contributed by atoms with Gasteiger partial charge in [0.05, 0.1) is 21.1 Å². The molecule has 1 aromatic carbocycles. The van der Waals surface area contributed by atoms with Crippen LogP contribution in [0.4, 0.5) is 0 Å². The fourth-order valence-electron chi connectivity index (χ4n) is 2.89. The summed E-state index contributed by atoms with van der Waals surface area (Å²) in [5.41, 5.74) is 1.74. The van der Waals surface area contributed by atoms with Crippen LogP contribution in [0.15, 0.2) is 46.0 Å². The Morgan fingerprint density at radius 1 is 1.39 bits per heavy atom. The van der Waals surface area contributed by atoms with Gasteiger partial charge in [-0.2, -0.15) is 5.26 Å². The monoisotopic (exact) mass is 434 g/mol. The maximum absolute atomic E-state index is 9.53. The summed E-state index contributed by atoms with van der Waals surface area (Å²) in [6.07, 6.45) is 3.22. The summed E-state index contributed by atoms with van der Waals surface area (Å²) in [5, 5.41) is 10.5. The molecule has 0 N–H and O–H groups in total. The first-order valence-corrected chi connectivity index (χ1v) is 8.94. The number of pyridine rings is 1. The molecule has 0 spiro atoms. The van der Waals surface area contributed by atoms with Gasteiger partial charge in [0.1, 0.15) is 0 Å². The second kappa shape index (κ2) is 6.35. The van der Waals surface area contributed by atoms with Gasteiger partial charge in [0, 0.05) is 28.5 Å². The van der Waals surface area contributed by atoms with E-state index in [1.165, 1.54) is 0 Å². The summed E-state index contributed by atoms with van der Waals surface area (Å²) in [7, 11) is 0. The van der Waals surface area contributed by atoms with Crippen molar-refractivity contribution in [2.24, 2.45) is 11.3 Å². The Kier molecular flexibility index (Phi) is 4.59. The Bertz CT molecular complexity index is 806. The van der Waals surface area contributed by atoms with E-state index in [0.29, 0.717) is 0 Å². The van der Waals surface area contributed by atoms with E-state index >= 15 is 0 Å². The van der Waals surface area contributed by atoms with Gasteiger partial charge in [-0.25, -0.2) is 0 Å². The normalized spacial score (nSPS) is 23.1. The molecule has 1 heterocycles. The lowest BCUT2D eigenvalue weighted by molar-refractivity contribution is 0.0529. The van der Waals surface area contributed by atoms with Gasteiger partial charge in [0.25, 0.3) is 0 Å². The lowest BCUT2D eigenvalue weighted by atomic mass is 10.1. The van der Waals surface area contributed by atoms with Gasteiger partial charge in [0.15, 0.2) is 6.10 Å². The molecule has 3 rings (SSSR count). The average Bonchev–Trinajstić information content (AvgIpc) is 3.03. The van der Waals surface area contributed by atoms with Gasteiger partial charge in [-0.15, -0.1) is 0 Å². The molecule has 5 heteroatoms. The first kappa shape index (κ1) is 16.6. The second-order valence-corrected chi connectivity index (χ2v) is 9.10. The molecule has 0 radical (unpaired) electrons. The third kappa shape index (κ3) is 3.35. The molecular formula is C18H16Br2N2O. The van der Waals surface area contributed by atoms with E-state index in [1.54, 1.807) is 6.20 Å². The van der Waals surface area contributed by atoms with Crippen molar-refractivity contribution in [3.05, 3.63) is 51.6 Å².